The van der Waals surface area contributed by atoms with Gasteiger partial charge in [0.2, 0.25) is 5.91 Å². The van der Waals surface area contributed by atoms with Gasteiger partial charge in [0.05, 0.1) is 21.6 Å². The predicted molar refractivity (Wildman–Crippen MR) is 89.6 cm³/mol. The maximum atomic E-state index is 11.5. The molecule has 0 saturated carbocycles. The summed E-state index contributed by atoms with van der Waals surface area (Å²) >= 11 is 17.5. The Morgan fingerprint density at radius 3 is 2.29 bits per heavy atom. The molecule has 10 heteroatoms. The van der Waals surface area contributed by atoms with Crippen LogP contribution in [0.2, 0.25) is 15.1 Å². The lowest BCUT2D eigenvalue weighted by molar-refractivity contribution is -0.150. The molecular weight excluding hydrogens is 383 g/mol. The van der Waals surface area contributed by atoms with Gasteiger partial charge in [-0.05, 0) is 13.0 Å². The Kier molecular flexibility index (Phi) is 8.67. The molecule has 2 N–H and O–H groups in total. The molecule has 132 valence electrons. The first-order valence-electron chi connectivity index (χ1n) is 6.79. The molecule has 0 aliphatic carbocycles. The molecule has 0 aromatic heterocycles. The second kappa shape index (κ2) is 10.2. The fourth-order valence-electron chi connectivity index (χ4n) is 1.43. The fraction of sp³-hybridized carbons (Fsp3) is 0.357. The number of benzene rings is 1. The van der Waals surface area contributed by atoms with Crippen molar-refractivity contribution < 1.29 is 23.9 Å². The standard InChI is InChI=1S/C14H15Cl3N2O5/c1-2-18-12(20)5-19-13(21)6-24-14(22)7-23-11-4-9(16)8(15)3-10(11)17/h3-4H,2,5-7H2,1H3,(H,18,20)(H,19,21). The maximum Gasteiger partial charge on any atom is 0.344 e. The molecule has 0 fully saturated rings. The fourth-order valence-corrected chi connectivity index (χ4v) is 2.02. The molecule has 24 heavy (non-hydrogen) atoms. The van der Waals surface area contributed by atoms with Gasteiger partial charge >= 0.3 is 5.97 Å². The number of esters is 1. The molecule has 0 spiro atoms. The molecule has 1 aromatic carbocycles. The number of halogens is 3. The van der Waals surface area contributed by atoms with E-state index in [1.54, 1.807) is 6.92 Å². The predicted octanol–water partition coefficient (Wildman–Crippen LogP) is 1.82. The molecule has 0 saturated heterocycles. The average Bonchev–Trinajstić information content (AvgIpc) is 2.53. The summed E-state index contributed by atoms with van der Waals surface area (Å²) in [6.07, 6.45) is 0. The minimum absolute atomic E-state index is 0.156. The van der Waals surface area contributed by atoms with E-state index < -0.39 is 25.1 Å². The molecule has 0 radical (unpaired) electrons. The Hall–Kier alpha value is -1.70. The number of carbonyl (C=O) groups is 3. The third-order valence-corrected chi connectivity index (χ3v) is 3.52. The highest BCUT2D eigenvalue weighted by molar-refractivity contribution is 6.43. The molecule has 0 heterocycles. The quantitative estimate of drug-likeness (QED) is 0.515. The summed E-state index contributed by atoms with van der Waals surface area (Å²) in [5, 5.41) is 5.45. The van der Waals surface area contributed by atoms with Crippen molar-refractivity contribution in [3.05, 3.63) is 27.2 Å². The Labute approximate surface area is 153 Å². The van der Waals surface area contributed by atoms with E-state index in [9.17, 15) is 14.4 Å². The molecule has 2 amide bonds. The van der Waals surface area contributed by atoms with E-state index in [-0.39, 0.29) is 33.3 Å². The molecule has 7 nitrogen and oxygen atoms in total. The van der Waals surface area contributed by atoms with Gasteiger partial charge < -0.3 is 20.1 Å². The molecule has 0 aliphatic heterocycles. The summed E-state index contributed by atoms with van der Waals surface area (Å²) in [4.78, 5) is 34.1. The minimum atomic E-state index is -0.787. The van der Waals surface area contributed by atoms with Crippen LogP contribution in [0.4, 0.5) is 0 Å². The summed E-state index contributed by atoms with van der Waals surface area (Å²) in [5.74, 6) is -1.58. The summed E-state index contributed by atoms with van der Waals surface area (Å²) in [7, 11) is 0. The van der Waals surface area contributed by atoms with Gasteiger partial charge in [-0.25, -0.2) is 4.79 Å². The second-order valence-electron chi connectivity index (χ2n) is 4.38. The van der Waals surface area contributed by atoms with E-state index >= 15 is 0 Å². The highest BCUT2D eigenvalue weighted by atomic mass is 35.5. The maximum absolute atomic E-state index is 11.5. The van der Waals surface area contributed by atoms with Crippen LogP contribution < -0.4 is 15.4 Å². The van der Waals surface area contributed by atoms with Gasteiger partial charge in [0.1, 0.15) is 5.75 Å². The summed E-state index contributed by atoms with van der Waals surface area (Å²) in [5.41, 5.74) is 0. The van der Waals surface area contributed by atoms with Crippen LogP contribution in [0.25, 0.3) is 0 Å². The SMILES string of the molecule is CCNC(=O)CNC(=O)COC(=O)COc1cc(Cl)c(Cl)cc1Cl. The molecule has 1 rings (SSSR count). The number of hydrogen-bond donors (Lipinski definition) is 2. The Bertz CT molecular complexity index is 625. The van der Waals surface area contributed by atoms with E-state index in [2.05, 4.69) is 10.6 Å². The van der Waals surface area contributed by atoms with Crippen LogP contribution in [-0.2, 0) is 19.1 Å². The largest absolute Gasteiger partial charge is 0.480 e. The van der Waals surface area contributed by atoms with Crippen LogP contribution in [0.3, 0.4) is 0 Å². The van der Waals surface area contributed by atoms with Crippen molar-refractivity contribution in [3.63, 3.8) is 0 Å². The third-order valence-electron chi connectivity index (χ3n) is 2.50. The summed E-state index contributed by atoms with van der Waals surface area (Å²) < 4.78 is 9.85. The second-order valence-corrected chi connectivity index (χ2v) is 5.60. The number of ether oxygens (including phenoxy) is 2. The summed E-state index contributed by atoms with van der Waals surface area (Å²) in [6.45, 7) is 1.01. The normalized spacial score (nSPS) is 10.0. The van der Waals surface area contributed by atoms with E-state index in [0.717, 1.165) is 0 Å². The third kappa shape index (κ3) is 7.25. The Balaban J connectivity index is 2.33. The lowest BCUT2D eigenvalue weighted by Gasteiger charge is -2.09. The number of rotatable bonds is 8. The van der Waals surface area contributed by atoms with Gasteiger partial charge in [-0.3, -0.25) is 9.59 Å². The lowest BCUT2D eigenvalue weighted by atomic mass is 10.3. The molecule has 1 aromatic rings. The number of likely N-dealkylation sites (N-methyl/N-ethyl adjacent to an activating group) is 1. The molecule has 0 aliphatic rings. The zero-order valence-corrected chi connectivity index (χ0v) is 14.9. The summed E-state index contributed by atoms with van der Waals surface area (Å²) in [6, 6.07) is 2.74. The van der Waals surface area contributed by atoms with Crippen LogP contribution >= 0.6 is 34.8 Å². The highest BCUT2D eigenvalue weighted by Gasteiger charge is 2.12. The zero-order chi connectivity index (χ0) is 18.1. The van der Waals surface area contributed by atoms with E-state index in [0.29, 0.717) is 6.54 Å². The topological polar surface area (TPSA) is 93.7 Å². The van der Waals surface area contributed by atoms with Crippen molar-refractivity contribution in [3.8, 4) is 5.75 Å². The van der Waals surface area contributed by atoms with Gasteiger partial charge in [0, 0.05) is 12.6 Å². The van der Waals surface area contributed by atoms with Crippen molar-refractivity contribution in [2.75, 3.05) is 26.3 Å². The van der Waals surface area contributed by atoms with Gasteiger partial charge in [-0.15, -0.1) is 0 Å². The zero-order valence-electron chi connectivity index (χ0n) is 12.7. The van der Waals surface area contributed by atoms with Gasteiger partial charge in [0.25, 0.3) is 5.91 Å². The molecule has 0 unspecified atom stereocenters. The van der Waals surface area contributed by atoms with Crippen molar-refractivity contribution in [1.29, 1.82) is 0 Å². The first-order chi connectivity index (χ1) is 11.3. The highest BCUT2D eigenvalue weighted by Crippen LogP contribution is 2.33. The smallest absolute Gasteiger partial charge is 0.344 e. The van der Waals surface area contributed by atoms with E-state index in [1.807, 2.05) is 0 Å². The number of amides is 2. The Morgan fingerprint density at radius 1 is 0.958 bits per heavy atom. The number of carbonyl (C=O) groups excluding carboxylic acids is 3. The van der Waals surface area contributed by atoms with Crippen molar-refractivity contribution in [1.82, 2.24) is 10.6 Å². The number of nitrogens with one attached hydrogen (secondary N) is 2. The monoisotopic (exact) mass is 396 g/mol. The first-order valence-corrected chi connectivity index (χ1v) is 7.93. The minimum Gasteiger partial charge on any atom is -0.480 e. The molecule has 0 atom stereocenters. The molecular formula is C14H15Cl3N2O5. The average molecular weight is 398 g/mol. The van der Waals surface area contributed by atoms with Crippen molar-refractivity contribution in [2.24, 2.45) is 0 Å². The first kappa shape index (κ1) is 20.3. The van der Waals surface area contributed by atoms with Crippen LogP contribution in [0.1, 0.15) is 6.92 Å². The van der Waals surface area contributed by atoms with Crippen LogP contribution in [0, 0.1) is 0 Å². The van der Waals surface area contributed by atoms with Gasteiger partial charge in [-0.2, -0.15) is 0 Å². The van der Waals surface area contributed by atoms with Gasteiger partial charge in [0.15, 0.2) is 13.2 Å². The van der Waals surface area contributed by atoms with E-state index in [4.69, 9.17) is 44.3 Å². The van der Waals surface area contributed by atoms with Crippen molar-refractivity contribution in [2.45, 2.75) is 6.92 Å². The van der Waals surface area contributed by atoms with Gasteiger partial charge in [-0.1, -0.05) is 34.8 Å². The lowest BCUT2D eigenvalue weighted by Crippen LogP contribution is -2.38. The Morgan fingerprint density at radius 2 is 1.62 bits per heavy atom. The molecule has 0 bridgehead atoms. The van der Waals surface area contributed by atoms with Crippen LogP contribution in [0.5, 0.6) is 5.75 Å². The van der Waals surface area contributed by atoms with Crippen molar-refractivity contribution >= 4 is 52.6 Å². The van der Waals surface area contributed by atoms with E-state index in [1.165, 1.54) is 12.1 Å². The number of hydrogen-bond acceptors (Lipinski definition) is 5. The van der Waals surface area contributed by atoms with Crippen LogP contribution in [-0.4, -0.2) is 44.1 Å². The van der Waals surface area contributed by atoms with Crippen LogP contribution in [0.15, 0.2) is 12.1 Å².